The number of aromatic nitrogens is 2. The maximum absolute atomic E-state index is 5.80. The van der Waals surface area contributed by atoms with Gasteiger partial charge < -0.3 is 5.73 Å². The lowest BCUT2D eigenvalue weighted by atomic mass is 10.2. The van der Waals surface area contributed by atoms with Gasteiger partial charge in [-0.25, -0.2) is 9.97 Å². The van der Waals surface area contributed by atoms with Gasteiger partial charge in [-0.15, -0.1) is 0 Å². The van der Waals surface area contributed by atoms with E-state index in [1.54, 1.807) is 0 Å². The Kier molecular flexibility index (Phi) is 2.29. The molecule has 0 atom stereocenters. The molecule has 3 nitrogen and oxygen atoms in total. The average molecular weight is 172 g/mol. The number of nitrogen functional groups attached to an aromatic ring is 1. The van der Waals surface area contributed by atoms with Crippen molar-refractivity contribution >= 4 is 17.5 Å². The van der Waals surface area contributed by atoms with E-state index in [-0.39, 0.29) is 5.95 Å². The van der Waals surface area contributed by atoms with Crippen LogP contribution in [-0.4, -0.2) is 9.97 Å². The van der Waals surface area contributed by atoms with Gasteiger partial charge >= 0.3 is 0 Å². The van der Waals surface area contributed by atoms with Gasteiger partial charge in [0.1, 0.15) is 5.15 Å². The molecule has 0 aliphatic carbocycles. The van der Waals surface area contributed by atoms with Gasteiger partial charge in [0.05, 0.1) is 0 Å². The SMILES string of the molecule is CCc1c(C)nc(N)nc1Cl. The molecule has 2 N–H and O–H groups in total. The van der Waals surface area contributed by atoms with Gasteiger partial charge in [0.2, 0.25) is 5.95 Å². The Hall–Kier alpha value is -0.830. The van der Waals surface area contributed by atoms with E-state index in [1.165, 1.54) is 0 Å². The minimum Gasteiger partial charge on any atom is -0.368 e. The first-order valence-corrected chi connectivity index (χ1v) is 3.81. The Morgan fingerprint density at radius 1 is 1.45 bits per heavy atom. The fraction of sp³-hybridized carbons (Fsp3) is 0.429. The minimum absolute atomic E-state index is 0.240. The number of nitrogens with zero attached hydrogens (tertiary/aromatic N) is 2. The molecular formula is C7H10ClN3. The molecule has 0 aliphatic rings. The predicted octanol–water partition coefficient (Wildman–Crippen LogP) is 1.58. The molecule has 1 rings (SSSR count). The van der Waals surface area contributed by atoms with Crippen molar-refractivity contribution in [2.45, 2.75) is 20.3 Å². The highest BCUT2D eigenvalue weighted by Gasteiger charge is 2.05. The van der Waals surface area contributed by atoms with Crippen LogP contribution in [-0.2, 0) is 6.42 Å². The Labute approximate surface area is 70.6 Å². The standard InChI is InChI=1S/C7H10ClN3/c1-3-5-4(2)10-7(9)11-6(5)8/h3H2,1-2H3,(H2,9,10,11). The van der Waals surface area contributed by atoms with Gasteiger partial charge in [-0.1, -0.05) is 18.5 Å². The summed E-state index contributed by atoms with van der Waals surface area (Å²) < 4.78 is 0. The third kappa shape index (κ3) is 1.60. The van der Waals surface area contributed by atoms with Gasteiger partial charge in [0, 0.05) is 11.3 Å². The van der Waals surface area contributed by atoms with E-state index in [1.807, 2.05) is 13.8 Å². The van der Waals surface area contributed by atoms with Gasteiger partial charge in [0.25, 0.3) is 0 Å². The summed E-state index contributed by atoms with van der Waals surface area (Å²) in [5.41, 5.74) is 7.22. The van der Waals surface area contributed by atoms with Gasteiger partial charge in [-0.05, 0) is 13.3 Å². The molecule has 0 fully saturated rings. The van der Waals surface area contributed by atoms with Gasteiger partial charge in [-0.2, -0.15) is 0 Å². The fourth-order valence-corrected chi connectivity index (χ4v) is 1.34. The van der Waals surface area contributed by atoms with Crippen molar-refractivity contribution in [3.63, 3.8) is 0 Å². The average Bonchev–Trinajstić information content (AvgIpc) is 1.85. The van der Waals surface area contributed by atoms with Crippen molar-refractivity contribution < 1.29 is 0 Å². The largest absolute Gasteiger partial charge is 0.368 e. The molecule has 0 aliphatic heterocycles. The van der Waals surface area contributed by atoms with Crippen LogP contribution in [0.25, 0.3) is 0 Å². The van der Waals surface area contributed by atoms with Crippen LogP contribution in [0.2, 0.25) is 5.15 Å². The maximum Gasteiger partial charge on any atom is 0.221 e. The normalized spacial score (nSPS) is 10.1. The molecule has 60 valence electrons. The third-order valence-electron chi connectivity index (χ3n) is 1.53. The molecule has 0 unspecified atom stereocenters. The van der Waals surface area contributed by atoms with Crippen LogP contribution in [0.15, 0.2) is 0 Å². The zero-order chi connectivity index (χ0) is 8.43. The van der Waals surface area contributed by atoms with Crippen molar-refractivity contribution in [1.82, 2.24) is 9.97 Å². The predicted molar refractivity (Wildman–Crippen MR) is 45.6 cm³/mol. The monoisotopic (exact) mass is 171 g/mol. The molecule has 0 aromatic carbocycles. The molecule has 0 amide bonds. The summed E-state index contributed by atoms with van der Waals surface area (Å²) in [7, 11) is 0. The van der Waals surface area contributed by atoms with E-state index in [2.05, 4.69) is 9.97 Å². The summed E-state index contributed by atoms with van der Waals surface area (Å²) >= 11 is 5.80. The summed E-state index contributed by atoms with van der Waals surface area (Å²) in [5.74, 6) is 0.240. The Morgan fingerprint density at radius 2 is 2.09 bits per heavy atom. The van der Waals surface area contributed by atoms with E-state index in [4.69, 9.17) is 17.3 Å². The van der Waals surface area contributed by atoms with Crippen molar-refractivity contribution in [2.75, 3.05) is 5.73 Å². The van der Waals surface area contributed by atoms with E-state index >= 15 is 0 Å². The van der Waals surface area contributed by atoms with E-state index in [9.17, 15) is 0 Å². The van der Waals surface area contributed by atoms with Crippen LogP contribution in [0.1, 0.15) is 18.2 Å². The summed E-state index contributed by atoms with van der Waals surface area (Å²) in [5, 5.41) is 0.470. The topological polar surface area (TPSA) is 51.8 Å². The highest BCUT2D eigenvalue weighted by atomic mass is 35.5. The highest BCUT2D eigenvalue weighted by Crippen LogP contribution is 2.16. The van der Waals surface area contributed by atoms with Crippen LogP contribution in [0, 0.1) is 6.92 Å². The molecule has 1 aromatic heterocycles. The molecular weight excluding hydrogens is 162 g/mol. The smallest absolute Gasteiger partial charge is 0.221 e. The second kappa shape index (κ2) is 3.05. The fourth-order valence-electron chi connectivity index (χ4n) is 0.983. The number of aryl methyl sites for hydroxylation is 1. The molecule has 1 aromatic rings. The summed E-state index contributed by atoms with van der Waals surface area (Å²) in [6.07, 6.45) is 0.838. The lowest BCUT2D eigenvalue weighted by molar-refractivity contribution is 1.01. The number of anilines is 1. The number of halogens is 1. The van der Waals surface area contributed by atoms with Crippen LogP contribution in [0.4, 0.5) is 5.95 Å². The van der Waals surface area contributed by atoms with Crippen molar-refractivity contribution in [1.29, 1.82) is 0 Å². The van der Waals surface area contributed by atoms with Gasteiger partial charge in [0.15, 0.2) is 0 Å². The highest BCUT2D eigenvalue weighted by molar-refractivity contribution is 6.30. The zero-order valence-corrected chi connectivity index (χ0v) is 7.31. The lowest BCUT2D eigenvalue weighted by Crippen LogP contribution is -2.01. The zero-order valence-electron chi connectivity index (χ0n) is 6.56. The second-order valence-corrected chi connectivity index (χ2v) is 2.65. The number of hydrogen-bond acceptors (Lipinski definition) is 3. The van der Waals surface area contributed by atoms with Crippen LogP contribution in [0.3, 0.4) is 0 Å². The minimum atomic E-state index is 0.240. The summed E-state index contributed by atoms with van der Waals surface area (Å²) in [6.45, 7) is 3.89. The van der Waals surface area contributed by atoms with E-state index in [0.717, 1.165) is 17.7 Å². The first-order chi connectivity index (χ1) is 5.15. The van der Waals surface area contributed by atoms with Crippen LogP contribution in [0.5, 0.6) is 0 Å². The summed E-state index contributed by atoms with van der Waals surface area (Å²) in [4.78, 5) is 7.82. The van der Waals surface area contributed by atoms with Crippen molar-refractivity contribution in [3.05, 3.63) is 16.4 Å². The van der Waals surface area contributed by atoms with E-state index in [0.29, 0.717) is 5.15 Å². The first kappa shape index (κ1) is 8.27. The van der Waals surface area contributed by atoms with Crippen molar-refractivity contribution in [2.24, 2.45) is 0 Å². The molecule has 0 saturated heterocycles. The van der Waals surface area contributed by atoms with Gasteiger partial charge in [-0.3, -0.25) is 0 Å². The van der Waals surface area contributed by atoms with E-state index < -0.39 is 0 Å². The maximum atomic E-state index is 5.80. The number of rotatable bonds is 1. The lowest BCUT2D eigenvalue weighted by Gasteiger charge is -2.03. The molecule has 0 bridgehead atoms. The molecule has 0 saturated carbocycles. The molecule has 4 heteroatoms. The third-order valence-corrected chi connectivity index (χ3v) is 1.85. The Bertz CT molecular complexity index is 249. The van der Waals surface area contributed by atoms with Crippen LogP contribution >= 0.6 is 11.6 Å². The van der Waals surface area contributed by atoms with Crippen LogP contribution < -0.4 is 5.73 Å². The molecule has 1 heterocycles. The number of nitrogens with two attached hydrogens (primary N) is 1. The number of hydrogen-bond donors (Lipinski definition) is 1. The molecule has 11 heavy (non-hydrogen) atoms. The Balaban J connectivity index is 3.25. The summed E-state index contributed by atoms with van der Waals surface area (Å²) in [6, 6.07) is 0. The molecule has 0 radical (unpaired) electrons. The Morgan fingerprint density at radius 3 is 2.55 bits per heavy atom. The second-order valence-electron chi connectivity index (χ2n) is 2.29. The molecule has 0 spiro atoms. The van der Waals surface area contributed by atoms with Crippen molar-refractivity contribution in [3.8, 4) is 0 Å². The first-order valence-electron chi connectivity index (χ1n) is 3.43. The quantitative estimate of drug-likeness (QED) is 0.653.